The van der Waals surface area contributed by atoms with Gasteiger partial charge in [-0.15, -0.1) is 0 Å². The molecular formula is C35H37N5O4. The van der Waals surface area contributed by atoms with Crippen LogP contribution in [0.15, 0.2) is 78.9 Å². The molecule has 9 heteroatoms. The molecule has 0 saturated carbocycles. The maximum absolute atomic E-state index is 13.1. The van der Waals surface area contributed by atoms with Gasteiger partial charge < -0.3 is 34.7 Å². The number of piperazine rings is 1. The number of carbonyl (C=O) groups is 1. The smallest absolute Gasteiger partial charge is 0.255 e. The Labute approximate surface area is 257 Å². The van der Waals surface area contributed by atoms with E-state index in [0.29, 0.717) is 39.5 Å². The molecule has 1 amide bonds. The standard InChI is InChI=1S/C35H37N5O4/c1-39-17-19-40(20-18-39)16-15-23-7-11-26(12-8-23)36-35(42)25-9-13-28-29(22-25)38-34(37-28)27-21-24(10-14-30(27)41)33-31(43-2)5-4-6-32(33)44-3/h4-14,21-22,41H,15-20H2,1-3H3,(H,36,42)(H,37,38). The number of benzene rings is 4. The summed E-state index contributed by atoms with van der Waals surface area (Å²) in [6.07, 6.45) is 0.988. The van der Waals surface area contributed by atoms with Crippen LogP contribution in [-0.2, 0) is 6.42 Å². The number of hydrogen-bond donors (Lipinski definition) is 3. The highest BCUT2D eigenvalue weighted by Gasteiger charge is 2.18. The molecule has 0 unspecified atom stereocenters. The zero-order valence-corrected chi connectivity index (χ0v) is 25.3. The number of phenols is 1. The number of likely N-dealkylation sites (N-methyl/N-ethyl adjacent to an activating group) is 1. The molecule has 0 spiro atoms. The minimum Gasteiger partial charge on any atom is -0.507 e. The number of carbonyl (C=O) groups excluding carboxylic acids is 1. The Bertz CT molecular complexity index is 1750. The summed E-state index contributed by atoms with van der Waals surface area (Å²) < 4.78 is 11.2. The predicted molar refractivity (Wildman–Crippen MR) is 174 cm³/mol. The summed E-state index contributed by atoms with van der Waals surface area (Å²) in [6, 6.07) is 24.3. The van der Waals surface area contributed by atoms with E-state index in [1.54, 1.807) is 38.5 Å². The van der Waals surface area contributed by atoms with Gasteiger partial charge in [0.05, 0.1) is 36.4 Å². The van der Waals surface area contributed by atoms with Crippen molar-refractivity contribution in [2.45, 2.75) is 6.42 Å². The summed E-state index contributed by atoms with van der Waals surface area (Å²) in [4.78, 5) is 26.0. The average Bonchev–Trinajstić information content (AvgIpc) is 3.48. The Hall–Kier alpha value is -4.86. The quantitative estimate of drug-likeness (QED) is 0.203. The van der Waals surface area contributed by atoms with Gasteiger partial charge in [-0.3, -0.25) is 4.79 Å². The largest absolute Gasteiger partial charge is 0.507 e. The first-order valence-electron chi connectivity index (χ1n) is 14.8. The molecule has 44 heavy (non-hydrogen) atoms. The van der Waals surface area contributed by atoms with Gasteiger partial charge in [-0.05, 0) is 79.2 Å². The predicted octanol–water partition coefficient (Wildman–Crippen LogP) is 5.66. The number of anilines is 1. The number of amides is 1. The molecule has 3 N–H and O–H groups in total. The minimum absolute atomic E-state index is 0.0756. The van der Waals surface area contributed by atoms with Gasteiger partial charge in [-0.1, -0.05) is 24.3 Å². The zero-order valence-electron chi connectivity index (χ0n) is 25.3. The van der Waals surface area contributed by atoms with E-state index in [-0.39, 0.29) is 11.7 Å². The summed E-state index contributed by atoms with van der Waals surface area (Å²) in [5, 5.41) is 13.8. The molecule has 5 aromatic rings. The van der Waals surface area contributed by atoms with Gasteiger partial charge in [0.1, 0.15) is 23.1 Å². The van der Waals surface area contributed by atoms with Crippen molar-refractivity contribution in [3.8, 4) is 39.8 Å². The highest BCUT2D eigenvalue weighted by atomic mass is 16.5. The lowest BCUT2D eigenvalue weighted by molar-refractivity contribution is 0.102. The molecule has 2 heterocycles. The Morgan fingerprint density at radius 1 is 0.932 bits per heavy atom. The van der Waals surface area contributed by atoms with Crippen molar-refractivity contribution in [1.29, 1.82) is 0 Å². The van der Waals surface area contributed by atoms with Gasteiger partial charge >= 0.3 is 0 Å². The first kappa shape index (κ1) is 29.2. The van der Waals surface area contributed by atoms with Gasteiger partial charge in [0, 0.05) is 44.0 Å². The number of rotatable bonds is 9. The Kier molecular flexibility index (Phi) is 8.49. The van der Waals surface area contributed by atoms with Crippen LogP contribution in [0.5, 0.6) is 17.2 Å². The first-order valence-corrected chi connectivity index (χ1v) is 14.8. The van der Waals surface area contributed by atoms with Crippen molar-refractivity contribution < 1.29 is 19.4 Å². The molecule has 1 fully saturated rings. The molecular weight excluding hydrogens is 554 g/mol. The van der Waals surface area contributed by atoms with Crippen molar-refractivity contribution in [1.82, 2.24) is 19.8 Å². The van der Waals surface area contributed by atoms with Gasteiger partial charge in [0.15, 0.2) is 0 Å². The van der Waals surface area contributed by atoms with Crippen LogP contribution in [0.1, 0.15) is 15.9 Å². The monoisotopic (exact) mass is 591 g/mol. The Balaban J connectivity index is 1.17. The molecule has 1 aliphatic heterocycles. The molecule has 0 radical (unpaired) electrons. The number of nitrogens with zero attached hydrogens (tertiary/aromatic N) is 3. The summed E-state index contributed by atoms with van der Waals surface area (Å²) in [5.41, 5.74) is 5.97. The number of hydrogen-bond acceptors (Lipinski definition) is 7. The third kappa shape index (κ3) is 6.24. The lowest BCUT2D eigenvalue weighted by Crippen LogP contribution is -2.45. The third-order valence-electron chi connectivity index (χ3n) is 8.24. The van der Waals surface area contributed by atoms with Crippen molar-refractivity contribution in [2.24, 2.45) is 0 Å². The van der Waals surface area contributed by atoms with Crippen LogP contribution < -0.4 is 14.8 Å². The van der Waals surface area contributed by atoms with E-state index in [4.69, 9.17) is 14.5 Å². The number of ether oxygens (including phenoxy) is 2. The summed E-state index contributed by atoms with van der Waals surface area (Å²) >= 11 is 0. The maximum Gasteiger partial charge on any atom is 0.255 e. The fourth-order valence-corrected chi connectivity index (χ4v) is 5.61. The summed E-state index contributed by atoms with van der Waals surface area (Å²) in [5.74, 6) is 1.66. The van der Waals surface area contributed by atoms with E-state index < -0.39 is 0 Å². The van der Waals surface area contributed by atoms with Gasteiger partial charge in [0.25, 0.3) is 5.91 Å². The molecule has 1 aromatic heterocycles. The number of phenolic OH excluding ortho intramolecular Hbond substituents is 1. The number of aromatic hydroxyl groups is 1. The number of fused-ring (bicyclic) bond motifs is 1. The SMILES string of the molecule is COc1cccc(OC)c1-c1ccc(O)c(-c2nc3ccc(C(=O)Nc4ccc(CCN5CCN(C)CC5)cc4)cc3[nH]2)c1. The third-order valence-corrected chi connectivity index (χ3v) is 8.24. The second kappa shape index (κ2) is 12.8. The van der Waals surface area contributed by atoms with Crippen molar-refractivity contribution >= 4 is 22.6 Å². The maximum atomic E-state index is 13.1. The summed E-state index contributed by atoms with van der Waals surface area (Å²) in [7, 11) is 5.39. The molecule has 6 rings (SSSR count). The zero-order chi connectivity index (χ0) is 30.6. The lowest BCUT2D eigenvalue weighted by Gasteiger charge is -2.32. The van der Waals surface area contributed by atoms with Crippen molar-refractivity contribution in [2.75, 3.05) is 59.3 Å². The summed E-state index contributed by atoms with van der Waals surface area (Å²) in [6.45, 7) is 5.50. The first-order chi connectivity index (χ1) is 21.4. The number of aromatic nitrogens is 2. The number of aromatic amines is 1. The van der Waals surface area contributed by atoms with Crippen LogP contribution in [-0.4, -0.2) is 84.8 Å². The van der Waals surface area contributed by atoms with Crippen LogP contribution >= 0.6 is 0 Å². The van der Waals surface area contributed by atoms with Gasteiger partial charge in [-0.2, -0.15) is 0 Å². The van der Waals surface area contributed by atoms with E-state index in [9.17, 15) is 9.90 Å². The number of imidazole rings is 1. The van der Waals surface area contributed by atoms with Crippen LogP contribution in [0.4, 0.5) is 5.69 Å². The van der Waals surface area contributed by atoms with Gasteiger partial charge in [0.2, 0.25) is 0 Å². The highest BCUT2D eigenvalue weighted by Crippen LogP contribution is 2.41. The molecule has 0 atom stereocenters. The van der Waals surface area contributed by atoms with Crippen LogP contribution in [0.2, 0.25) is 0 Å². The number of nitrogens with one attached hydrogen (secondary N) is 2. The van der Waals surface area contributed by atoms with Crippen LogP contribution in [0.25, 0.3) is 33.5 Å². The fourth-order valence-electron chi connectivity index (χ4n) is 5.61. The van der Waals surface area contributed by atoms with E-state index in [1.807, 2.05) is 42.5 Å². The Morgan fingerprint density at radius 3 is 2.36 bits per heavy atom. The molecule has 0 aliphatic carbocycles. The second-order valence-electron chi connectivity index (χ2n) is 11.1. The Morgan fingerprint density at radius 2 is 1.66 bits per heavy atom. The average molecular weight is 592 g/mol. The normalized spacial score (nSPS) is 14.1. The molecule has 1 saturated heterocycles. The molecule has 1 aliphatic rings. The highest BCUT2D eigenvalue weighted by molar-refractivity contribution is 6.06. The molecule has 226 valence electrons. The molecule has 9 nitrogen and oxygen atoms in total. The van der Waals surface area contributed by atoms with Crippen LogP contribution in [0, 0.1) is 0 Å². The van der Waals surface area contributed by atoms with Crippen molar-refractivity contribution in [3.05, 3.63) is 90.0 Å². The van der Waals surface area contributed by atoms with Crippen molar-refractivity contribution in [3.63, 3.8) is 0 Å². The fraction of sp³-hybridized carbons (Fsp3) is 0.257. The van der Waals surface area contributed by atoms with E-state index >= 15 is 0 Å². The van der Waals surface area contributed by atoms with Crippen LogP contribution in [0.3, 0.4) is 0 Å². The lowest BCUT2D eigenvalue weighted by atomic mass is 10.00. The second-order valence-corrected chi connectivity index (χ2v) is 11.1. The van der Waals surface area contributed by atoms with E-state index in [1.165, 1.54) is 5.56 Å². The van der Waals surface area contributed by atoms with Gasteiger partial charge in [-0.25, -0.2) is 4.98 Å². The molecule has 4 aromatic carbocycles. The topological polar surface area (TPSA) is 103 Å². The molecule has 0 bridgehead atoms. The van der Waals surface area contributed by atoms with E-state index in [2.05, 4.69) is 39.3 Å². The minimum atomic E-state index is -0.207. The van der Waals surface area contributed by atoms with E-state index in [0.717, 1.165) is 56.0 Å². The number of methoxy groups -OCH3 is 2. The number of H-pyrrole nitrogens is 1.